The molecule has 2 aliphatic heterocycles. The summed E-state index contributed by atoms with van der Waals surface area (Å²) in [7, 11) is 0. The highest BCUT2D eigenvalue weighted by atomic mass is 32.1. The Morgan fingerprint density at radius 2 is 2.08 bits per heavy atom. The Bertz CT molecular complexity index is 1360. The van der Waals surface area contributed by atoms with Crippen molar-refractivity contribution in [2.75, 3.05) is 35.3 Å². The zero-order valence-electron chi connectivity index (χ0n) is 22.1. The molecular weight excluding hydrogens is 516 g/mol. The van der Waals surface area contributed by atoms with Crippen molar-refractivity contribution in [2.24, 2.45) is 5.92 Å². The van der Waals surface area contributed by atoms with E-state index in [9.17, 15) is 9.59 Å². The fourth-order valence-electron chi connectivity index (χ4n) is 4.91. The van der Waals surface area contributed by atoms with E-state index in [1.54, 1.807) is 0 Å². The smallest absolute Gasteiger partial charge is 0.412 e. The molecule has 2 amide bonds. The van der Waals surface area contributed by atoms with Crippen molar-refractivity contribution in [1.29, 1.82) is 5.26 Å². The lowest BCUT2D eigenvalue weighted by Crippen LogP contribution is -2.38. The molecule has 0 spiro atoms. The number of carbonyl (C=O) groups excluding carboxylic acids is 2. The first-order chi connectivity index (χ1) is 18.9. The van der Waals surface area contributed by atoms with E-state index in [4.69, 9.17) is 19.7 Å². The predicted molar refractivity (Wildman–Crippen MR) is 149 cm³/mol. The highest BCUT2D eigenvalue weighted by Gasteiger charge is 2.29. The molecule has 5 rings (SSSR count). The number of nitriles is 1. The molecule has 11 heteroatoms. The maximum Gasteiger partial charge on any atom is 0.412 e. The van der Waals surface area contributed by atoms with Crippen molar-refractivity contribution in [3.05, 3.63) is 58.9 Å². The molecule has 1 unspecified atom stereocenters. The van der Waals surface area contributed by atoms with E-state index >= 15 is 0 Å². The van der Waals surface area contributed by atoms with Gasteiger partial charge in [0.2, 0.25) is 0 Å². The van der Waals surface area contributed by atoms with E-state index in [0.717, 1.165) is 36.3 Å². The number of aromatic nitrogens is 2. The van der Waals surface area contributed by atoms with Crippen LogP contribution >= 0.6 is 11.3 Å². The van der Waals surface area contributed by atoms with Crippen LogP contribution in [-0.4, -0.2) is 47.4 Å². The third-order valence-electron chi connectivity index (χ3n) is 6.88. The molecule has 39 heavy (non-hydrogen) atoms. The summed E-state index contributed by atoms with van der Waals surface area (Å²) in [4.78, 5) is 32.2. The average Bonchev–Trinajstić information content (AvgIpc) is 3.62. The first kappa shape index (κ1) is 26.7. The minimum Gasteiger partial charge on any atom is -0.441 e. The zero-order chi connectivity index (χ0) is 27.4. The number of ether oxygens (including phenoxy) is 2. The molecule has 2 fully saturated rings. The van der Waals surface area contributed by atoms with E-state index < -0.39 is 6.09 Å². The van der Waals surface area contributed by atoms with Gasteiger partial charge in [-0.2, -0.15) is 5.26 Å². The first-order valence-electron chi connectivity index (χ1n) is 13.1. The van der Waals surface area contributed by atoms with E-state index in [0.29, 0.717) is 42.7 Å². The molecule has 0 radical (unpaired) electrons. The molecule has 4 heterocycles. The molecule has 2 aliphatic rings. The number of anilines is 3. The van der Waals surface area contributed by atoms with Crippen LogP contribution in [-0.2, 0) is 16.0 Å². The summed E-state index contributed by atoms with van der Waals surface area (Å²) in [6.45, 7) is 6.35. The summed E-state index contributed by atoms with van der Waals surface area (Å²) in [5.41, 5.74) is 4.20. The van der Waals surface area contributed by atoms with Crippen LogP contribution in [0.25, 0.3) is 0 Å². The molecule has 2 aromatic heterocycles. The van der Waals surface area contributed by atoms with Gasteiger partial charge in [0.25, 0.3) is 5.91 Å². The Morgan fingerprint density at radius 3 is 2.79 bits per heavy atom. The maximum absolute atomic E-state index is 13.1. The lowest BCUT2D eigenvalue weighted by Gasteiger charge is -2.26. The first-order valence-corrected chi connectivity index (χ1v) is 14.0. The lowest BCUT2D eigenvalue weighted by molar-refractivity contribution is -0.0951. The summed E-state index contributed by atoms with van der Waals surface area (Å²) < 4.78 is 12.2. The van der Waals surface area contributed by atoms with Gasteiger partial charge in [-0.1, -0.05) is 6.92 Å². The Morgan fingerprint density at radius 1 is 1.28 bits per heavy atom. The molecule has 0 bridgehead atoms. The summed E-state index contributed by atoms with van der Waals surface area (Å²) in [5.74, 6) is -0.0582. The molecule has 2 saturated heterocycles. The number of carbonyl (C=O) groups is 2. The molecule has 0 saturated carbocycles. The van der Waals surface area contributed by atoms with Crippen LogP contribution in [0, 0.1) is 24.2 Å². The third-order valence-corrected chi connectivity index (χ3v) is 7.65. The molecule has 204 valence electrons. The number of hydrogen-bond acceptors (Lipinski definition) is 8. The second-order valence-electron chi connectivity index (χ2n) is 10.1. The number of nitrogens with zero attached hydrogens (tertiary/aromatic N) is 4. The van der Waals surface area contributed by atoms with Gasteiger partial charge in [-0.05, 0) is 61.6 Å². The maximum atomic E-state index is 13.1. The van der Waals surface area contributed by atoms with Crippen molar-refractivity contribution in [3.63, 3.8) is 0 Å². The van der Waals surface area contributed by atoms with Gasteiger partial charge < -0.3 is 18.9 Å². The van der Waals surface area contributed by atoms with Gasteiger partial charge in [0.05, 0.1) is 31.0 Å². The van der Waals surface area contributed by atoms with Gasteiger partial charge in [-0.15, -0.1) is 11.3 Å². The topological polar surface area (TPSA) is 122 Å². The van der Waals surface area contributed by atoms with Crippen LogP contribution in [0.4, 0.5) is 21.3 Å². The van der Waals surface area contributed by atoms with Gasteiger partial charge in [0.15, 0.2) is 11.2 Å². The number of rotatable bonds is 9. The minimum atomic E-state index is -0.480. The Kier molecular flexibility index (Phi) is 8.14. The number of hydrogen-bond donors (Lipinski definition) is 2. The van der Waals surface area contributed by atoms with Gasteiger partial charge >= 0.3 is 6.09 Å². The normalized spacial score (nSPS) is 17.8. The van der Waals surface area contributed by atoms with Crippen LogP contribution in [0.1, 0.15) is 54.0 Å². The summed E-state index contributed by atoms with van der Waals surface area (Å²) in [5, 5.41) is 17.3. The Labute approximate surface area is 231 Å². The van der Waals surface area contributed by atoms with E-state index in [1.807, 2.05) is 60.3 Å². The minimum absolute atomic E-state index is 0.104. The van der Waals surface area contributed by atoms with Crippen LogP contribution in [0.3, 0.4) is 0 Å². The van der Waals surface area contributed by atoms with Gasteiger partial charge in [0, 0.05) is 42.5 Å². The Hall–Kier alpha value is -3.88. The predicted octanol–water partition coefficient (Wildman–Crippen LogP) is 5.34. The molecule has 2 N–H and O–H groups in total. The summed E-state index contributed by atoms with van der Waals surface area (Å²) in [6.07, 6.45) is 3.73. The summed E-state index contributed by atoms with van der Waals surface area (Å²) >= 11 is 1.42. The van der Waals surface area contributed by atoms with Gasteiger partial charge in [-0.25, -0.2) is 9.78 Å². The van der Waals surface area contributed by atoms with Crippen molar-refractivity contribution < 1.29 is 19.1 Å². The van der Waals surface area contributed by atoms with Crippen LogP contribution in [0.15, 0.2) is 41.9 Å². The lowest BCUT2D eigenvalue weighted by atomic mass is 10.1. The number of aryl methyl sites for hydroxylation is 1. The van der Waals surface area contributed by atoms with Crippen LogP contribution < -0.4 is 15.5 Å². The molecule has 10 nitrogen and oxygen atoms in total. The highest BCUT2D eigenvalue weighted by Crippen LogP contribution is 2.37. The average molecular weight is 549 g/mol. The number of nitrogens with one attached hydrogen (secondary N) is 2. The quantitative estimate of drug-likeness (QED) is 0.370. The fourth-order valence-corrected chi connectivity index (χ4v) is 5.66. The number of amides is 2. The molecule has 3 aromatic rings. The van der Waals surface area contributed by atoms with Gasteiger partial charge in [0.1, 0.15) is 5.69 Å². The second-order valence-corrected chi connectivity index (χ2v) is 11.0. The monoisotopic (exact) mass is 548 g/mol. The molecular formula is C28H32N6O4S. The van der Waals surface area contributed by atoms with Crippen LogP contribution in [0.5, 0.6) is 0 Å². The zero-order valence-corrected chi connectivity index (χ0v) is 22.9. The Balaban J connectivity index is 1.22. The van der Waals surface area contributed by atoms with Crippen molar-refractivity contribution in [2.45, 2.75) is 51.8 Å². The van der Waals surface area contributed by atoms with Gasteiger partial charge in [-0.3, -0.25) is 15.4 Å². The fraction of sp³-hybridized carbons (Fsp3) is 0.429. The number of thiazole rings is 1. The van der Waals surface area contributed by atoms with Crippen molar-refractivity contribution in [1.82, 2.24) is 9.55 Å². The molecule has 0 aliphatic carbocycles. The standard InChI is InChI=1S/C28H32N6O4S/c1-18(9-10-29)13-33-14-19(2)12-25(33)26(35)32-27-31-23(17-39-27)24-4-3-11-34(24)21-7-5-20(6-8-21)30-28(36)38-22-15-37-16-22/h5-8,12,14,17-18,22,24H,3-4,9,11,13,15-16H2,1-2H3,(H,30,36)(H,31,32,35)/t18?,24-/m1/s1. The van der Waals surface area contributed by atoms with Crippen LogP contribution in [0.2, 0.25) is 0 Å². The highest BCUT2D eigenvalue weighted by molar-refractivity contribution is 7.14. The van der Waals surface area contributed by atoms with E-state index in [2.05, 4.69) is 21.6 Å². The third kappa shape index (κ3) is 6.41. The van der Waals surface area contributed by atoms with Crippen molar-refractivity contribution in [3.8, 4) is 6.07 Å². The largest absolute Gasteiger partial charge is 0.441 e. The SMILES string of the molecule is Cc1cc(C(=O)Nc2nc([C@H]3CCCN3c3ccc(NC(=O)OC4COC4)cc3)cs2)n(CC(C)CC#N)c1. The second kappa shape index (κ2) is 11.9. The molecule has 2 atom stereocenters. The number of benzene rings is 1. The van der Waals surface area contributed by atoms with E-state index in [-0.39, 0.29) is 24.0 Å². The molecule has 1 aromatic carbocycles. The van der Waals surface area contributed by atoms with Crippen molar-refractivity contribution >= 4 is 39.8 Å². The van der Waals surface area contributed by atoms with E-state index in [1.165, 1.54) is 11.3 Å². The summed E-state index contributed by atoms with van der Waals surface area (Å²) in [6, 6.07) is 11.9.